The fourth-order valence-electron chi connectivity index (χ4n) is 2.08. The van der Waals surface area contributed by atoms with Crippen LogP contribution in [0.2, 0.25) is 0 Å². The number of carbonyl (C=O) groups is 2. The molecule has 0 aromatic rings. The lowest BCUT2D eigenvalue weighted by Gasteiger charge is -2.17. The number of carboxylic acid groups (broad SMARTS) is 1. The summed E-state index contributed by atoms with van der Waals surface area (Å²) >= 11 is 0. The molecule has 1 fully saturated rings. The molecule has 1 heterocycles. The number of unbranched alkanes of at least 4 members (excludes halogenated alkanes) is 2. The van der Waals surface area contributed by atoms with Crippen molar-refractivity contribution in [2.75, 3.05) is 24.6 Å². The van der Waals surface area contributed by atoms with E-state index in [9.17, 15) is 22.4 Å². The summed E-state index contributed by atoms with van der Waals surface area (Å²) in [6.45, 7) is 1.30. The molecule has 1 rings (SSSR count). The largest absolute Gasteiger partial charge is 0.479 e. The summed E-state index contributed by atoms with van der Waals surface area (Å²) in [4.78, 5) is 23.5. The van der Waals surface area contributed by atoms with Gasteiger partial charge in [0.1, 0.15) is 5.75 Å². The molecule has 1 atom stereocenters. The maximum absolute atomic E-state index is 13.8. The normalized spacial score (nSPS) is 23.0. The first-order valence-corrected chi connectivity index (χ1v) is 8.43. The minimum Gasteiger partial charge on any atom is -0.479 e. The number of amides is 1. The molecule has 0 aromatic heterocycles. The molecule has 1 saturated heterocycles. The van der Waals surface area contributed by atoms with E-state index < -0.39 is 39.7 Å². The van der Waals surface area contributed by atoms with Gasteiger partial charge in [-0.05, 0) is 6.42 Å². The highest BCUT2D eigenvalue weighted by Gasteiger charge is 2.47. The molecule has 1 unspecified atom stereocenters. The van der Waals surface area contributed by atoms with Crippen LogP contribution in [0.3, 0.4) is 0 Å². The maximum Gasteiger partial charge on any atom is 0.343 e. The van der Waals surface area contributed by atoms with Gasteiger partial charge in [0.25, 0.3) is 0 Å². The van der Waals surface area contributed by atoms with Gasteiger partial charge in [-0.3, -0.25) is 4.79 Å². The first kappa shape index (κ1) is 16.9. The Balaban J connectivity index is 2.54. The Labute approximate surface area is 117 Å². The molecule has 6 nitrogen and oxygen atoms in total. The number of likely N-dealkylation sites (tertiary alicyclic amines) is 1. The van der Waals surface area contributed by atoms with Gasteiger partial charge in [-0.25, -0.2) is 17.6 Å². The fourth-order valence-corrected chi connectivity index (χ4v) is 3.43. The Morgan fingerprint density at radius 2 is 2.00 bits per heavy atom. The Morgan fingerprint density at radius 1 is 1.35 bits per heavy atom. The molecule has 8 heteroatoms. The molecule has 0 radical (unpaired) electrons. The molecule has 0 aromatic carbocycles. The van der Waals surface area contributed by atoms with Crippen molar-refractivity contribution in [3.8, 4) is 0 Å². The van der Waals surface area contributed by atoms with Crippen LogP contribution in [-0.2, 0) is 19.4 Å². The van der Waals surface area contributed by atoms with Crippen molar-refractivity contribution < 1.29 is 27.5 Å². The van der Waals surface area contributed by atoms with Gasteiger partial charge in [-0.1, -0.05) is 19.8 Å². The lowest BCUT2D eigenvalue weighted by Crippen LogP contribution is -2.40. The van der Waals surface area contributed by atoms with E-state index >= 15 is 0 Å². The Bertz CT molecular complexity index is 478. The average molecular weight is 309 g/mol. The smallest absolute Gasteiger partial charge is 0.343 e. The summed E-state index contributed by atoms with van der Waals surface area (Å²) in [7, 11) is -3.51. The number of rotatable bonds is 7. The van der Waals surface area contributed by atoms with Crippen LogP contribution in [-0.4, -0.2) is 60.6 Å². The molecule has 0 bridgehead atoms. The van der Waals surface area contributed by atoms with Gasteiger partial charge in [0.05, 0.1) is 12.3 Å². The molecule has 1 aliphatic heterocycles. The van der Waals surface area contributed by atoms with Crippen molar-refractivity contribution in [2.24, 2.45) is 0 Å². The van der Waals surface area contributed by atoms with Crippen LogP contribution in [0.1, 0.15) is 32.6 Å². The molecule has 1 N–H and O–H groups in total. The van der Waals surface area contributed by atoms with E-state index in [1.54, 1.807) is 0 Å². The van der Waals surface area contributed by atoms with Crippen molar-refractivity contribution in [2.45, 2.75) is 38.3 Å². The monoisotopic (exact) mass is 309 g/mol. The molecule has 0 spiro atoms. The third-order valence-corrected chi connectivity index (χ3v) is 4.96. The van der Waals surface area contributed by atoms with Crippen LogP contribution in [0.15, 0.2) is 0 Å². The number of carbonyl (C=O) groups excluding carboxylic acids is 1. The van der Waals surface area contributed by atoms with Crippen molar-refractivity contribution in [1.82, 2.24) is 4.90 Å². The first-order chi connectivity index (χ1) is 9.20. The average Bonchev–Trinajstić information content (AvgIpc) is 2.73. The predicted octanol–water partition coefficient (Wildman–Crippen LogP) is 0.617. The molecule has 1 aliphatic rings. The minimum absolute atomic E-state index is 0.0634. The van der Waals surface area contributed by atoms with Crippen LogP contribution >= 0.6 is 0 Å². The first-order valence-electron chi connectivity index (χ1n) is 6.61. The fraction of sp³-hybridized carbons (Fsp3) is 0.833. The van der Waals surface area contributed by atoms with Gasteiger partial charge < -0.3 is 10.0 Å². The second kappa shape index (κ2) is 6.51. The Morgan fingerprint density at radius 3 is 2.50 bits per heavy atom. The maximum atomic E-state index is 13.8. The summed E-state index contributed by atoms with van der Waals surface area (Å²) in [5.41, 5.74) is -2.46. The molecular weight excluding hydrogens is 289 g/mol. The summed E-state index contributed by atoms with van der Waals surface area (Å²) in [6, 6.07) is 0. The highest BCUT2D eigenvalue weighted by Crippen LogP contribution is 2.26. The van der Waals surface area contributed by atoms with Crippen LogP contribution < -0.4 is 0 Å². The molecule has 116 valence electrons. The van der Waals surface area contributed by atoms with Gasteiger partial charge in [0.15, 0.2) is 9.84 Å². The summed E-state index contributed by atoms with van der Waals surface area (Å²) in [6.07, 6.45) is 1.83. The van der Waals surface area contributed by atoms with E-state index in [4.69, 9.17) is 5.11 Å². The van der Waals surface area contributed by atoms with Crippen molar-refractivity contribution in [3.05, 3.63) is 0 Å². The summed E-state index contributed by atoms with van der Waals surface area (Å²) < 4.78 is 37.2. The quantitative estimate of drug-likeness (QED) is 0.696. The minimum atomic E-state index is -3.51. The van der Waals surface area contributed by atoms with E-state index in [1.807, 2.05) is 6.92 Å². The topological polar surface area (TPSA) is 91.8 Å². The second-order valence-electron chi connectivity index (χ2n) is 5.13. The highest BCUT2D eigenvalue weighted by molar-refractivity contribution is 7.92. The Kier molecular flexibility index (Phi) is 5.50. The van der Waals surface area contributed by atoms with E-state index in [0.717, 1.165) is 17.7 Å². The molecule has 0 saturated carbocycles. The second-order valence-corrected chi connectivity index (χ2v) is 7.32. The van der Waals surface area contributed by atoms with E-state index in [0.29, 0.717) is 6.42 Å². The van der Waals surface area contributed by atoms with Crippen LogP contribution in [0.25, 0.3) is 0 Å². The molecule has 0 aliphatic carbocycles. The number of hydrogen-bond acceptors (Lipinski definition) is 4. The number of nitrogens with zero attached hydrogens (tertiary/aromatic N) is 1. The number of hydrogen-bond donors (Lipinski definition) is 1. The third kappa shape index (κ3) is 4.43. The summed E-state index contributed by atoms with van der Waals surface area (Å²) in [5.74, 6) is -3.08. The van der Waals surface area contributed by atoms with E-state index in [2.05, 4.69) is 0 Å². The van der Waals surface area contributed by atoms with Crippen LogP contribution in [0, 0.1) is 0 Å². The van der Waals surface area contributed by atoms with Crippen molar-refractivity contribution >= 4 is 21.7 Å². The molecule has 1 amide bonds. The lowest BCUT2D eigenvalue weighted by molar-refractivity contribution is -0.150. The SMILES string of the molecule is CCCCCS(=O)(=O)CC(=O)N1CCC(F)(C(=O)O)C1. The third-order valence-electron chi connectivity index (χ3n) is 3.36. The standard InChI is InChI=1S/C12H20FNO5S/c1-2-3-4-7-20(18,19)8-10(15)14-6-5-12(13,9-14)11(16)17/h2-9H2,1H3,(H,16,17). The zero-order valence-electron chi connectivity index (χ0n) is 11.5. The van der Waals surface area contributed by atoms with E-state index in [1.165, 1.54) is 0 Å². The van der Waals surface area contributed by atoms with Gasteiger partial charge in [0.2, 0.25) is 11.6 Å². The van der Waals surface area contributed by atoms with Gasteiger partial charge >= 0.3 is 5.97 Å². The van der Waals surface area contributed by atoms with Crippen LogP contribution in [0.4, 0.5) is 4.39 Å². The van der Waals surface area contributed by atoms with E-state index in [-0.39, 0.29) is 18.7 Å². The number of alkyl halides is 1. The van der Waals surface area contributed by atoms with Crippen molar-refractivity contribution in [3.63, 3.8) is 0 Å². The van der Waals surface area contributed by atoms with Gasteiger partial charge in [-0.2, -0.15) is 0 Å². The lowest BCUT2D eigenvalue weighted by atomic mass is 10.1. The van der Waals surface area contributed by atoms with Crippen LogP contribution in [0.5, 0.6) is 0 Å². The highest BCUT2D eigenvalue weighted by atomic mass is 32.2. The zero-order valence-corrected chi connectivity index (χ0v) is 12.3. The zero-order chi connectivity index (χ0) is 15.4. The molecule has 20 heavy (non-hydrogen) atoms. The van der Waals surface area contributed by atoms with Crippen molar-refractivity contribution in [1.29, 1.82) is 0 Å². The van der Waals surface area contributed by atoms with Gasteiger partial charge in [-0.15, -0.1) is 0 Å². The van der Waals surface area contributed by atoms with Gasteiger partial charge in [0, 0.05) is 13.0 Å². The number of carboxylic acids is 1. The number of aliphatic carboxylic acids is 1. The predicted molar refractivity (Wildman–Crippen MR) is 70.9 cm³/mol. The molecular formula is C12H20FNO5S. The summed E-state index contributed by atoms with van der Waals surface area (Å²) in [5, 5.41) is 8.72. The Hall–Kier alpha value is -1.18. The number of halogens is 1. The number of sulfone groups is 1.